The zero-order valence-electron chi connectivity index (χ0n) is 14.3. The van der Waals surface area contributed by atoms with E-state index in [1.165, 1.54) is 6.92 Å². The molecule has 0 aliphatic heterocycles. The minimum Gasteiger partial charge on any atom is -0.331 e. The first kappa shape index (κ1) is 17.9. The van der Waals surface area contributed by atoms with Crippen LogP contribution in [-0.4, -0.2) is 28.9 Å². The Kier molecular flexibility index (Phi) is 5.92. The van der Waals surface area contributed by atoms with Crippen molar-refractivity contribution < 1.29 is 9.59 Å². The fourth-order valence-electron chi connectivity index (χ4n) is 2.22. The number of nitrogens with one attached hydrogen (secondary N) is 2. The van der Waals surface area contributed by atoms with E-state index in [1.54, 1.807) is 23.3 Å². The van der Waals surface area contributed by atoms with Gasteiger partial charge in [-0.25, -0.2) is 9.78 Å². The summed E-state index contributed by atoms with van der Waals surface area (Å²) < 4.78 is 0. The number of urea groups is 1. The van der Waals surface area contributed by atoms with Gasteiger partial charge in [-0.15, -0.1) is 11.3 Å². The smallest absolute Gasteiger partial charge is 0.317 e. The SMILES string of the molecule is CC(=O)Nc1cccc(C(C)NC(=O)N(C)Cc2nc(C)cs2)c1. The van der Waals surface area contributed by atoms with Crippen molar-refractivity contribution in [3.8, 4) is 0 Å². The molecule has 1 heterocycles. The van der Waals surface area contributed by atoms with Crippen molar-refractivity contribution in [3.63, 3.8) is 0 Å². The molecule has 1 aromatic carbocycles. The van der Waals surface area contributed by atoms with Crippen molar-refractivity contribution in [2.45, 2.75) is 33.4 Å². The Morgan fingerprint density at radius 1 is 1.38 bits per heavy atom. The Balaban J connectivity index is 1.96. The summed E-state index contributed by atoms with van der Waals surface area (Å²) in [6.07, 6.45) is 0. The zero-order valence-corrected chi connectivity index (χ0v) is 15.1. The van der Waals surface area contributed by atoms with Crippen molar-refractivity contribution >= 4 is 29.0 Å². The van der Waals surface area contributed by atoms with Gasteiger partial charge in [0, 0.05) is 30.7 Å². The van der Waals surface area contributed by atoms with Crippen LogP contribution in [0.2, 0.25) is 0 Å². The number of nitrogens with zero attached hydrogens (tertiary/aromatic N) is 2. The predicted molar refractivity (Wildman–Crippen MR) is 96.0 cm³/mol. The Bertz CT molecular complexity index is 729. The second-order valence-corrected chi connectivity index (χ2v) is 6.66. The van der Waals surface area contributed by atoms with Gasteiger partial charge in [-0.2, -0.15) is 0 Å². The van der Waals surface area contributed by atoms with Gasteiger partial charge in [-0.05, 0) is 31.5 Å². The topological polar surface area (TPSA) is 74.3 Å². The summed E-state index contributed by atoms with van der Waals surface area (Å²) in [5, 5.41) is 8.57. The molecule has 0 spiro atoms. The Labute approximate surface area is 145 Å². The number of aryl methyl sites for hydroxylation is 1. The van der Waals surface area contributed by atoms with Gasteiger partial charge in [0.05, 0.1) is 12.6 Å². The van der Waals surface area contributed by atoms with E-state index in [-0.39, 0.29) is 18.0 Å². The lowest BCUT2D eigenvalue weighted by Crippen LogP contribution is -2.38. The van der Waals surface area contributed by atoms with E-state index in [9.17, 15) is 9.59 Å². The molecule has 2 N–H and O–H groups in total. The standard InChI is InChI=1S/C17H22N4O2S/c1-11-10-24-16(18-11)9-21(4)17(23)19-12(2)14-6-5-7-15(8-14)20-13(3)22/h5-8,10,12H,9H2,1-4H3,(H,19,23)(H,20,22). The fourth-order valence-corrected chi connectivity index (χ4v) is 3.04. The van der Waals surface area contributed by atoms with Crippen molar-refractivity contribution in [3.05, 3.63) is 45.9 Å². The maximum Gasteiger partial charge on any atom is 0.317 e. The Morgan fingerprint density at radius 3 is 2.75 bits per heavy atom. The van der Waals surface area contributed by atoms with Gasteiger partial charge in [0.25, 0.3) is 0 Å². The summed E-state index contributed by atoms with van der Waals surface area (Å²) in [5.74, 6) is -0.123. The normalized spacial score (nSPS) is 11.7. The van der Waals surface area contributed by atoms with Crippen molar-refractivity contribution in [1.29, 1.82) is 0 Å². The number of aromatic nitrogens is 1. The minimum atomic E-state index is -0.174. The monoisotopic (exact) mass is 346 g/mol. The van der Waals surface area contributed by atoms with E-state index in [0.29, 0.717) is 12.2 Å². The first-order valence-electron chi connectivity index (χ1n) is 7.65. The molecule has 128 valence electrons. The second-order valence-electron chi connectivity index (χ2n) is 5.72. The number of rotatable bonds is 5. The van der Waals surface area contributed by atoms with Crippen LogP contribution >= 0.6 is 11.3 Å². The molecular formula is C17H22N4O2S. The number of benzene rings is 1. The van der Waals surface area contributed by atoms with E-state index in [0.717, 1.165) is 16.3 Å². The van der Waals surface area contributed by atoms with Crippen molar-refractivity contribution in [1.82, 2.24) is 15.2 Å². The van der Waals surface area contributed by atoms with Gasteiger partial charge in [0.15, 0.2) is 0 Å². The van der Waals surface area contributed by atoms with Crippen LogP contribution in [0.4, 0.5) is 10.5 Å². The number of amides is 3. The molecule has 3 amide bonds. The van der Waals surface area contributed by atoms with Crippen LogP contribution in [0.1, 0.15) is 36.2 Å². The number of carbonyl (C=O) groups excluding carboxylic acids is 2. The first-order chi connectivity index (χ1) is 11.3. The van der Waals surface area contributed by atoms with E-state index >= 15 is 0 Å². The average Bonchev–Trinajstić information content (AvgIpc) is 2.91. The van der Waals surface area contributed by atoms with Gasteiger partial charge in [-0.1, -0.05) is 12.1 Å². The largest absolute Gasteiger partial charge is 0.331 e. The van der Waals surface area contributed by atoms with Crippen LogP contribution in [0.3, 0.4) is 0 Å². The molecule has 0 saturated carbocycles. The summed E-state index contributed by atoms with van der Waals surface area (Å²) in [6, 6.07) is 7.10. The van der Waals surface area contributed by atoms with Crippen LogP contribution in [0.15, 0.2) is 29.6 Å². The molecule has 0 aliphatic rings. The van der Waals surface area contributed by atoms with Crippen molar-refractivity contribution in [2.75, 3.05) is 12.4 Å². The van der Waals surface area contributed by atoms with Gasteiger partial charge in [0.2, 0.25) is 5.91 Å². The average molecular weight is 346 g/mol. The van der Waals surface area contributed by atoms with E-state index in [1.807, 2.05) is 43.5 Å². The van der Waals surface area contributed by atoms with E-state index in [4.69, 9.17) is 0 Å². The lowest BCUT2D eigenvalue weighted by Gasteiger charge is -2.21. The van der Waals surface area contributed by atoms with Crippen LogP contribution in [-0.2, 0) is 11.3 Å². The third kappa shape index (κ3) is 5.06. The van der Waals surface area contributed by atoms with Crippen LogP contribution in [0, 0.1) is 6.92 Å². The highest BCUT2D eigenvalue weighted by atomic mass is 32.1. The summed E-state index contributed by atoms with van der Waals surface area (Å²) in [7, 11) is 1.74. The number of hydrogen-bond donors (Lipinski definition) is 2. The lowest BCUT2D eigenvalue weighted by atomic mass is 10.1. The molecule has 2 rings (SSSR count). The van der Waals surface area contributed by atoms with Gasteiger partial charge >= 0.3 is 6.03 Å². The summed E-state index contributed by atoms with van der Waals surface area (Å²) >= 11 is 1.55. The third-order valence-corrected chi connectivity index (χ3v) is 4.38. The van der Waals surface area contributed by atoms with Crippen molar-refractivity contribution in [2.24, 2.45) is 0 Å². The van der Waals surface area contributed by atoms with E-state index < -0.39 is 0 Å². The number of thiazole rings is 1. The maximum atomic E-state index is 12.3. The van der Waals surface area contributed by atoms with Gasteiger partial charge in [0.1, 0.15) is 5.01 Å². The summed E-state index contributed by atoms with van der Waals surface area (Å²) in [4.78, 5) is 29.4. The predicted octanol–water partition coefficient (Wildman–Crippen LogP) is 3.31. The molecule has 0 aliphatic carbocycles. The highest BCUT2D eigenvalue weighted by molar-refractivity contribution is 7.09. The van der Waals surface area contributed by atoms with Crippen LogP contribution < -0.4 is 10.6 Å². The first-order valence-corrected chi connectivity index (χ1v) is 8.53. The van der Waals surface area contributed by atoms with Gasteiger partial charge < -0.3 is 15.5 Å². The quantitative estimate of drug-likeness (QED) is 0.872. The van der Waals surface area contributed by atoms with Gasteiger partial charge in [-0.3, -0.25) is 4.79 Å². The molecule has 7 heteroatoms. The lowest BCUT2D eigenvalue weighted by molar-refractivity contribution is -0.114. The molecule has 0 bridgehead atoms. The van der Waals surface area contributed by atoms with Crippen LogP contribution in [0.5, 0.6) is 0 Å². The summed E-state index contributed by atoms with van der Waals surface area (Å²) in [6.45, 7) is 5.78. The molecule has 24 heavy (non-hydrogen) atoms. The molecule has 6 nitrogen and oxygen atoms in total. The highest BCUT2D eigenvalue weighted by Gasteiger charge is 2.15. The molecule has 1 aromatic heterocycles. The highest BCUT2D eigenvalue weighted by Crippen LogP contribution is 2.18. The zero-order chi connectivity index (χ0) is 17.7. The molecule has 0 fully saturated rings. The Hall–Kier alpha value is -2.41. The molecule has 1 atom stereocenters. The minimum absolute atomic E-state index is 0.123. The summed E-state index contributed by atoms with van der Waals surface area (Å²) in [5.41, 5.74) is 2.60. The molecule has 1 unspecified atom stereocenters. The third-order valence-electron chi connectivity index (χ3n) is 3.43. The number of hydrogen-bond acceptors (Lipinski definition) is 4. The molecule has 2 aromatic rings. The maximum absolute atomic E-state index is 12.3. The number of carbonyl (C=O) groups is 2. The molecule has 0 radical (unpaired) electrons. The van der Waals surface area contributed by atoms with E-state index in [2.05, 4.69) is 15.6 Å². The van der Waals surface area contributed by atoms with Crippen LogP contribution in [0.25, 0.3) is 0 Å². The molecular weight excluding hydrogens is 324 g/mol. The second kappa shape index (κ2) is 7.92. The fraction of sp³-hybridized carbons (Fsp3) is 0.353. The Morgan fingerprint density at radius 2 is 2.12 bits per heavy atom. The molecule has 0 saturated heterocycles. The number of anilines is 1.